The lowest BCUT2D eigenvalue weighted by atomic mass is 10.0. The highest BCUT2D eigenvalue weighted by Crippen LogP contribution is 2.26. The summed E-state index contributed by atoms with van der Waals surface area (Å²) in [5, 5.41) is 6.34. The lowest BCUT2D eigenvalue weighted by Crippen LogP contribution is -2.17. The predicted molar refractivity (Wildman–Crippen MR) is 74.6 cm³/mol. The van der Waals surface area contributed by atoms with Gasteiger partial charge >= 0.3 is 0 Å². The third kappa shape index (κ3) is 2.35. The van der Waals surface area contributed by atoms with Gasteiger partial charge in [-0.25, -0.2) is 0 Å². The van der Waals surface area contributed by atoms with E-state index < -0.39 is 0 Å². The predicted octanol–water partition coefficient (Wildman–Crippen LogP) is 2.78. The Kier molecular flexibility index (Phi) is 3.01. The first-order chi connectivity index (χ1) is 9.24. The number of rotatable bonds is 3. The Labute approximate surface area is 111 Å². The summed E-state index contributed by atoms with van der Waals surface area (Å²) < 4.78 is 5.24. The molecule has 0 bridgehead atoms. The molecule has 1 atom stereocenters. The van der Waals surface area contributed by atoms with E-state index in [1.807, 2.05) is 31.2 Å². The van der Waals surface area contributed by atoms with Gasteiger partial charge in [0.15, 0.2) is 0 Å². The van der Waals surface area contributed by atoms with Gasteiger partial charge in [-0.05, 0) is 17.7 Å². The summed E-state index contributed by atoms with van der Waals surface area (Å²) in [4.78, 5) is 4.41. The van der Waals surface area contributed by atoms with Gasteiger partial charge in [-0.2, -0.15) is 4.98 Å². The molecule has 0 amide bonds. The molecule has 2 aromatic carbocycles. The molecule has 1 aromatic heterocycles. The fourth-order valence-corrected chi connectivity index (χ4v) is 2.14. The normalized spacial score (nSPS) is 12.7. The van der Waals surface area contributed by atoms with Gasteiger partial charge < -0.3 is 10.3 Å². The van der Waals surface area contributed by atoms with Crippen molar-refractivity contribution in [2.45, 2.75) is 19.4 Å². The molecule has 4 nitrogen and oxygen atoms in total. The second kappa shape index (κ2) is 4.82. The van der Waals surface area contributed by atoms with Gasteiger partial charge in [0.25, 0.3) is 0 Å². The molecule has 0 aliphatic rings. The Bertz CT molecular complexity index is 698. The second-order valence-corrected chi connectivity index (χ2v) is 4.72. The summed E-state index contributed by atoms with van der Waals surface area (Å²) >= 11 is 0. The van der Waals surface area contributed by atoms with Gasteiger partial charge in [0, 0.05) is 18.0 Å². The van der Waals surface area contributed by atoms with E-state index in [0.29, 0.717) is 18.1 Å². The van der Waals surface area contributed by atoms with Crippen molar-refractivity contribution in [2.75, 3.05) is 0 Å². The molecular weight excluding hydrogens is 238 g/mol. The molecule has 3 aromatic rings. The van der Waals surface area contributed by atoms with Crippen LogP contribution in [0.1, 0.15) is 12.8 Å². The summed E-state index contributed by atoms with van der Waals surface area (Å²) in [5.41, 5.74) is 6.72. The lowest BCUT2D eigenvalue weighted by molar-refractivity contribution is 0.372. The average molecular weight is 253 g/mol. The summed E-state index contributed by atoms with van der Waals surface area (Å²) in [6, 6.07) is 14.2. The van der Waals surface area contributed by atoms with Crippen LogP contribution in [0.4, 0.5) is 0 Å². The summed E-state index contributed by atoms with van der Waals surface area (Å²) in [6.07, 6.45) is 0.595. The molecular formula is C15H15N3O. The highest BCUT2D eigenvalue weighted by atomic mass is 16.5. The van der Waals surface area contributed by atoms with Crippen LogP contribution in [-0.2, 0) is 6.42 Å². The number of hydrogen-bond donors (Lipinski definition) is 1. The molecule has 19 heavy (non-hydrogen) atoms. The van der Waals surface area contributed by atoms with Gasteiger partial charge in [-0.15, -0.1) is 0 Å². The summed E-state index contributed by atoms with van der Waals surface area (Å²) in [7, 11) is 0. The van der Waals surface area contributed by atoms with Crippen molar-refractivity contribution in [2.24, 2.45) is 5.73 Å². The Morgan fingerprint density at radius 2 is 1.95 bits per heavy atom. The molecule has 3 rings (SSSR count). The third-order valence-corrected chi connectivity index (χ3v) is 3.00. The maximum atomic E-state index is 5.74. The number of nitrogens with two attached hydrogens (primary N) is 1. The van der Waals surface area contributed by atoms with Crippen molar-refractivity contribution < 1.29 is 4.52 Å². The molecule has 0 spiro atoms. The Morgan fingerprint density at radius 3 is 2.79 bits per heavy atom. The van der Waals surface area contributed by atoms with E-state index in [1.165, 1.54) is 5.39 Å². The molecule has 1 heterocycles. The Hall–Kier alpha value is -2.20. The minimum Gasteiger partial charge on any atom is -0.339 e. The molecule has 96 valence electrons. The molecule has 0 saturated heterocycles. The standard InChI is InChI=1S/C15H15N3O/c1-10(16)9-14-17-15(18-19-14)13-8-4-6-11-5-2-3-7-12(11)13/h2-8,10H,9,16H2,1H3. The molecule has 0 saturated carbocycles. The van der Waals surface area contributed by atoms with Crippen LogP contribution in [0.3, 0.4) is 0 Å². The average Bonchev–Trinajstić information content (AvgIpc) is 2.85. The van der Waals surface area contributed by atoms with Gasteiger partial charge in [0.2, 0.25) is 11.7 Å². The van der Waals surface area contributed by atoms with Crippen molar-refractivity contribution in [3.63, 3.8) is 0 Å². The zero-order valence-corrected chi connectivity index (χ0v) is 10.7. The number of nitrogens with zero attached hydrogens (tertiary/aromatic N) is 2. The van der Waals surface area contributed by atoms with E-state index in [1.54, 1.807) is 0 Å². The first kappa shape index (κ1) is 11.9. The fourth-order valence-electron chi connectivity index (χ4n) is 2.14. The van der Waals surface area contributed by atoms with Gasteiger partial charge in [-0.3, -0.25) is 0 Å². The molecule has 0 aliphatic carbocycles. The lowest BCUT2D eigenvalue weighted by Gasteiger charge is -2.01. The zero-order chi connectivity index (χ0) is 13.2. The van der Waals surface area contributed by atoms with Crippen LogP contribution in [-0.4, -0.2) is 16.2 Å². The van der Waals surface area contributed by atoms with E-state index in [2.05, 4.69) is 28.3 Å². The maximum absolute atomic E-state index is 5.74. The van der Waals surface area contributed by atoms with Crippen LogP contribution in [0, 0.1) is 0 Å². The van der Waals surface area contributed by atoms with Gasteiger partial charge in [0.05, 0.1) is 0 Å². The van der Waals surface area contributed by atoms with Crippen LogP contribution >= 0.6 is 0 Å². The topological polar surface area (TPSA) is 64.9 Å². The zero-order valence-electron chi connectivity index (χ0n) is 10.7. The highest BCUT2D eigenvalue weighted by molar-refractivity contribution is 5.94. The van der Waals surface area contributed by atoms with Crippen molar-refractivity contribution in [3.05, 3.63) is 48.4 Å². The Morgan fingerprint density at radius 1 is 1.16 bits per heavy atom. The number of fused-ring (bicyclic) bond motifs is 1. The molecule has 0 aliphatic heterocycles. The quantitative estimate of drug-likeness (QED) is 0.779. The number of hydrogen-bond acceptors (Lipinski definition) is 4. The van der Waals surface area contributed by atoms with E-state index in [9.17, 15) is 0 Å². The van der Waals surface area contributed by atoms with Crippen LogP contribution in [0.5, 0.6) is 0 Å². The van der Waals surface area contributed by atoms with Crippen LogP contribution in [0.15, 0.2) is 47.0 Å². The second-order valence-electron chi connectivity index (χ2n) is 4.72. The number of aromatic nitrogens is 2. The van der Waals surface area contributed by atoms with Crippen LogP contribution in [0.2, 0.25) is 0 Å². The minimum absolute atomic E-state index is 0.0146. The highest BCUT2D eigenvalue weighted by Gasteiger charge is 2.12. The molecule has 0 fully saturated rings. The first-order valence-corrected chi connectivity index (χ1v) is 6.30. The first-order valence-electron chi connectivity index (χ1n) is 6.30. The third-order valence-electron chi connectivity index (χ3n) is 3.00. The molecule has 0 radical (unpaired) electrons. The van der Waals surface area contributed by atoms with Crippen molar-refractivity contribution in [1.29, 1.82) is 0 Å². The SMILES string of the molecule is CC(N)Cc1nc(-c2cccc3ccccc23)no1. The summed E-state index contributed by atoms with van der Waals surface area (Å²) in [6.45, 7) is 1.92. The molecule has 4 heteroatoms. The van der Waals surface area contributed by atoms with E-state index in [-0.39, 0.29) is 6.04 Å². The monoisotopic (exact) mass is 253 g/mol. The van der Waals surface area contributed by atoms with Crippen molar-refractivity contribution in [1.82, 2.24) is 10.1 Å². The van der Waals surface area contributed by atoms with E-state index in [4.69, 9.17) is 10.3 Å². The van der Waals surface area contributed by atoms with Crippen molar-refractivity contribution >= 4 is 10.8 Å². The number of benzene rings is 2. The molecule has 1 unspecified atom stereocenters. The van der Waals surface area contributed by atoms with Crippen LogP contribution < -0.4 is 5.73 Å². The van der Waals surface area contributed by atoms with E-state index in [0.717, 1.165) is 10.9 Å². The maximum Gasteiger partial charge on any atom is 0.228 e. The minimum atomic E-state index is 0.0146. The van der Waals surface area contributed by atoms with Crippen molar-refractivity contribution in [3.8, 4) is 11.4 Å². The largest absolute Gasteiger partial charge is 0.339 e. The smallest absolute Gasteiger partial charge is 0.228 e. The Balaban J connectivity index is 2.06. The molecule has 2 N–H and O–H groups in total. The van der Waals surface area contributed by atoms with E-state index >= 15 is 0 Å². The summed E-state index contributed by atoms with van der Waals surface area (Å²) in [5.74, 6) is 1.20. The fraction of sp³-hybridized carbons (Fsp3) is 0.200. The van der Waals surface area contributed by atoms with Gasteiger partial charge in [0.1, 0.15) is 0 Å². The van der Waals surface area contributed by atoms with Crippen LogP contribution in [0.25, 0.3) is 22.2 Å². The van der Waals surface area contributed by atoms with Gasteiger partial charge in [-0.1, -0.05) is 47.6 Å².